The van der Waals surface area contributed by atoms with Gasteiger partial charge in [0.25, 0.3) is 0 Å². The normalized spacial score (nSPS) is 20.3. The Morgan fingerprint density at radius 3 is 2.67 bits per heavy atom. The molecule has 0 radical (unpaired) electrons. The predicted octanol–water partition coefficient (Wildman–Crippen LogP) is 1.80. The van der Waals surface area contributed by atoms with Crippen LogP contribution in [-0.2, 0) is 9.59 Å². The molecule has 5 heteroatoms. The second-order valence-electron chi connectivity index (χ2n) is 4.44. The van der Waals surface area contributed by atoms with Crippen LogP contribution in [0.25, 0.3) is 0 Å². The van der Waals surface area contributed by atoms with Crippen molar-refractivity contribution in [2.75, 3.05) is 0 Å². The zero-order valence-corrected chi connectivity index (χ0v) is 10.8. The maximum Gasteiger partial charge on any atom is 0.243 e. The van der Waals surface area contributed by atoms with E-state index in [0.29, 0.717) is 17.9 Å². The highest BCUT2D eigenvalue weighted by atomic mass is 35.5. The first-order valence-corrected chi connectivity index (χ1v) is 6.29. The Morgan fingerprint density at radius 2 is 2.11 bits per heavy atom. The molecule has 96 valence electrons. The van der Waals surface area contributed by atoms with Crippen molar-refractivity contribution in [1.82, 2.24) is 10.6 Å². The lowest BCUT2D eigenvalue weighted by Gasteiger charge is -2.17. The van der Waals surface area contributed by atoms with E-state index in [4.69, 9.17) is 11.6 Å². The molecule has 1 aliphatic rings. The van der Waals surface area contributed by atoms with E-state index in [1.165, 1.54) is 0 Å². The van der Waals surface area contributed by atoms with Gasteiger partial charge >= 0.3 is 0 Å². The summed E-state index contributed by atoms with van der Waals surface area (Å²) in [5.41, 5.74) is 0.983. The Balaban J connectivity index is 1.94. The minimum absolute atomic E-state index is 0.0608. The summed E-state index contributed by atoms with van der Waals surface area (Å²) >= 11 is 5.81. The molecule has 1 saturated heterocycles. The lowest BCUT2D eigenvalue weighted by atomic mass is 10.1. The van der Waals surface area contributed by atoms with Crippen LogP contribution in [0.5, 0.6) is 0 Å². The molecule has 0 bridgehead atoms. The van der Waals surface area contributed by atoms with Crippen molar-refractivity contribution in [3.05, 3.63) is 34.9 Å². The van der Waals surface area contributed by atoms with E-state index >= 15 is 0 Å². The van der Waals surface area contributed by atoms with Gasteiger partial charge in [0.1, 0.15) is 6.04 Å². The largest absolute Gasteiger partial charge is 0.348 e. The summed E-state index contributed by atoms with van der Waals surface area (Å²) in [5.74, 6) is -0.197. The molecule has 18 heavy (non-hydrogen) atoms. The smallest absolute Gasteiger partial charge is 0.243 e. The monoisotopic (exact) mass is 266 g/mol. The van der Waals surface area contributed by atoms with Crippen LogP contribution >= 0.6 is 11.6 Å². The van der Waals surface area contributed by atoms with Crippen LogP contribution in [0.15, 0.2) is 24.3 Å². The van der Waals surface area contributed by atoms with Gasteiger partial charge in [0.05, 0.1) is 6.04 Å². The first-order chi connectivity index (χ1) is 8.56. The zero-order chi connectivity index (χ0) is 13.1. The summed E-state index contributed by atoms with van der Waals surface area (Å²) in [7, 11) is 0. The second-order valence-corrected chi connectivity index (χ2v) is 4.88. The fourth-order valence-corrected chi connectivity index (χ4v) is 2.09. The standard InChI is InChI=1S/C13H15ClN2O2/c1-8(9-2-4-10(14)5-3-9)15-13(18)11-6-7-12(17)16-11/h2-5,8,11H,6-7H2,1H3,(H,15,18)(H,16,17). The van der Waals surface area contributed by atoms with Crippen molar-refractivity contribution in [2.45, 2.75) is 31.8 Å². The van der Waals surface area contributed by atoms with Gasteiger partial charge < -0.3 is 10.6 Å². The maximum atomic E-state index is 11.9. The number of nitrogens with one attached hydrogen (secondary N) is 2. The Hall–Kier alpha value is -1.55. The van der Waals surface area contributed by atoms with Crippen LogP contribution in [-0.4, -0.2) is 17.9 Å². The Labute approximate surface area is 111 Å². The van der Waals surface area contributed by atoms with Crippen molar-refractivity contribution < 1.29 is 9.59 Å². The van der Waals surface area contributed by atoms with Gasteiger partial charge in [-0.1, -0.05) is 23.7 Å². The molecule has 2 amide bonds. The number of hydrogen-bond donors (Lipinski definition) is 2. The molecule has 2 atom stereocenters. The van der Waals surface area contributed by atoms with Crippen LogP contribution in [0.2, 0.25) is 5.02 Å². The molecule has 1 fully saturated rings. The molecule has 1 aromatic rings. The second kappa shape index (κ2) is 5.40. The summed E-state index contributed by atoms with van der Waals surface area (Å²) in [4.78, 5) is 22.9. The van der Waals surface area contributed by atoms with Crippen LogP contribution in [0.1, 0.15) is 31.4 Å². The first kappa shape index (κ1) is 12.9. The molecular formula is C13H15ClN2O2. The Bertz CT molecular complexity index is 459. The third-order valence-corrected chi connectivity index (χ3v) is 3.29. The van der Waals surface area contributed by atoms with E-state index in [1.54, 1.807) is 12.1 Å². The molecule has 1 aromatic carbocycles. The van der Waals surface area contributed by atoms with Gasteiger partial charge in [-0.15, -0.1) is 0 Å². The van der Waals surface area contributed by atoms with Gasteiger partial charge in [-0.25, -0.2) is 0 Å². The number of carbonyl (C=O) groups excluding carboxylic acids is 2. The van der Waals surface area contributed by atoms with Gasteiger partial charge in [0, 0.05) is 11.4 Å². The van der Waals surface area contributed by atoms with Crippen LogP contribution in [0.3, 0.4) is 0 Å². The highest BCUT2D eigenvalue weighted by Gasteiger charge is 2.27. The molecule has 0 aliphatic carbocycles. The number of benzene rings is 1. The SMILES string of the molecule is CC(NC(=O)C1CCC(=O)N1)c1ccc(Cl)cc1. The van der Waals surface area contributed by atoms with Crippen molar-refractivity contribution in [3.8, 4) is 0 Å². The number of amides is 2. The number of rotatable bonds is 3. The molecular weight excluding hydrogens is 252 g/mol. The van der Waals surface area contributed by atoms with Crippen LogP contribution < -0.4 is 10.6 Å². The van der Waals surface area contributed by atoms with E-state index in [0.717, 1.165) is 5.56 Å². The van der Waals surface area contributed by atoms with Crippen molar-refractivity contribution in [2.24, 2.45) is 0 Å². The number of carbonyl (C=O) groups is 2. The summed E-state index contributed by atoms with van der Waals surface area (Å²) in [6.45, 7) is 1.90. The van der Waals surface area contributed by atoms with Crippen LogP contribution in [0, 0.1) is 0 Å². The number of hydrogen-bond acceptors (Lipinski definition) is 2. The third-order valence-electron chi connectivity index (χ3n) is 3.04. The average molecular weight is 267 g/mol. The van der Waals surface area contributed by atoms with E-state index in [2.05, 4.69) is 10.6 Å². The summed E-state index contributed by atoms with van der Waals surface area (Å²) in [5, 5.41) is 6.20. The lowest BCUT2D eigenvalue weighted by Crippen LogP contribution is -2.42. The van der Waals surface area contributed by atoms with Crippen molar-refractivity contribution >= 4 is 23.4 Å². The summed E-state index contributed by atoms with van der Waals surface area (Å²) in [6, 6.07) is 6.83. The Kier molecular flexibility index (Phi) is 3.87. The predicted molar refractivity (Wildman–Crippen MR) is 69.2 cm³/mol. The van der Waals surface area contributed by atoms with Gasteiger partial charge in [-0.3, -0.25) is 9.59 Å². The van der Waals surface area contributed by atoms with Crippen LogP contribution in [0.4, 0.5) is 0 Å². The fourth-order valence-electron chi connectivity index (χ4n) is 1.96. The molecule has 1 heterocycles. The molecule has 2 unspecified atom stereocenters. The van der Waals surface area contributed by atoms with E-state index < -0.39 is 6.04 Å². The van der Waals surface area contributed by atoms with Crippen molar-refractivity contribution in [3.63, 3.8) is 0 Å². The maximum absolute atomic E-state index is 11.9. The zero-order valence-electron chi connectivity index (χ0n) is 10.1. The molecule has 1 aliphatic heterocycles. The molecule has 0 aromatic heterocycles. The highest BCUT2D eigenvalue weighted by molar-refractivity contribution is 6.30. The van der Waals surface area contributed by atoms with Gasteiger partial charge in [0.2, 0.25) is 11.8 Å². The van der Waals surface area contributed by atoms with Crippen molar-refractivity contribution in [1.29, 1.82) is 0 Å². The first-order valence-electron chi connectivity index (χ1n) is 5.91. The minimum atomic E-state index is -0.396. The average Bonchev–Trinajstić information content (AvgIpc) is 2.76. The highest BCUT2D eigenvalue weighted by Crippen LogP contribution is 2.16. The van der Waals surface area contributed by atoms with E-state index in [1.807, 2.05) is 19.1 Å². The van der Waals surface area contributed by atoms with E-state index in [9.17, 15) is 9.59 Å². The Morgan fingerprint density at radius 1 is 1.44 bits per heavy atom. The van der Waals surface area contributed by atoms with E-state index in [-0.39, 0.29) is 17.9 Å². The molecule has 2 rings (SSSR count). The summed E-state index contributed by atoms with van der Waals surface area (Å²) < 4.78 is 0. The fraction of sp³-hybridized carbons (Fsp3) is 0.385. The lowest BCUT2D eigenvalue weighted by molar-refractivity contribution is -0.126. The van der Waals surface area contributed by atoms with Gasteiger partial charge in [0.15, 0.2) is 0 Å². The molecule has 0 saturated carbocycles. The molecule has 0 spiro atoms. The minimum Gasteiger partial charge on any atom is -0.348 e. The topological polar surface area (TPSA) is 58.2 Å². The summed E-state index contributed by atoms with van der Waals surface area (Å²) in [6.07, 6.45) is 0.991. The van der Waals surface area contributed by atoms with Gasteiger partial charge in [-0.05, 0) is 31.0 Å². The molecule has 2 N–H and O–H groups in total. The number of halogens is 1. The quantitative estimate of drug-likeness (QED) is 0.876. The molecule has 4 nitrogen and oxygen atoms in total. The third kappa shape index (κ3) is 3.01. The van der Waals surface area contributed by atoms with Gasteiger partial charge in [-0.2, -0.15) is 0 Å².